The molecule has 1 amide bonds. The number of hydrogen-bond donors (Lipinski definition) is 2. The van der Waals surface area contributed by atoms with Crippen LogP contribution in [-0.4, -0.2) is 15.9 Å². The first kappa shape index (κ1) is 19.5. The summed E-state index contributed by atoms with van der Waals surface area (Å²) in [6.45, 7) is 7.96. The Kier molecular flexibility index (Phi) is 5.73. The molecule has 0 saturated heterocycles. The average Bonchev–Trinajstić information content (AvgIpc) is 2.70. The van der Waals surface area contributed by atoms with Crippen molar-refractivity contribution in [2.24, 2.45) is 0 Å². The molecule has 1 aromatic carbocycles. The largest absolute Gasteiger partial charge is 0.341 e. The second-order valence-corrected chi connectivity index (χ2v) is 7.06. The Balaban J connectivity index is 2.00. The van der Waals surface area contributed by atoms with Gasteiger partial charge in [-0.15, -0.1) is 0 Å². The van der Waals surface area contributed by atoms with E-state index >= 15 is 0 Å². The quantitative estimate of drug-likeness (QED) is 0.713. The highest BCUT2D eigenvalue weighted by Gasteiger charge is 2.20. The molecular weight excluding hydrogens is 350 g/mol. The predicted molar refractivity (Wildman–Crippen MR) is 111 cm³/mol. The van der Waals surface area contributed by atoms with Crippen LogP contribution in [0.3, 0.4) is 0 Å². The van der Waals surface area contributed by atoms with Crippen molar-refractivity contribution in [2.45, 2.75) is 40.2 Å². The van der Waals surface area contributed by atoms with Gasteiger partial charge in [-0.3, -0.25) is 14.6 Å². The molecule has 0 radical (unpaired) electrons. The van der Waals surface area contributed by atoms with Crippen LogP contribution < -0.4 is 10.9 Å². The minimum atomic E-state index is -0.396. The molecule has 1 atom stereocenters. The molecule has 5 heteroatoms. The van der Waals surface area contributed by atoms with Crippen molar-refractivity contribution in [1.29, 1.82) is 0 Å². The molecule has 144 valence electrons. The van der Waals surface area contributed by atoms with Gasteiger partial charge in [-0.25, -0.2) is 0 Å². The van der Waals surface area contributed by atoms with Crippen molar-refractivity contribution in [3.63, 3.8) is 0 Å². The van der Waals surface area contributed by atoms with Crippen LogP contribution in [-0.2, 0) is 6.42 Å². The number of H-pyrrole nitrogens is 1. The van der Waals surface area contributed by atoms with Crippen LogP contribution in [0.15, 0.2) is 53.6 Å². The summed E-state index contributed by atoms with van der Waals surface area (Å²) in [5.41, 5.74) is 5.70. The van der Waals surface area contributed by atoms with Gasteiger partial charge in [0.15, 0.2) is 0 Å². The van der Waals surface area contributed by atoms with Gasteiger partial charge in [-0.1, -0.05) is 25.1 Å². The number of hydrogen-bond acceptors (Lipinski definition) is 3. The number of nitrogens with one attached hydrogen (secondary N) is 2. The third-order valence-corrected chi connectivity index (χ3v) is 5.12. The van der Waals surface area contributed by atoms with Crippen LogP contribution in [0.2, 0.25) is 0 Å². The van der Waals surface area contributed by atoms with Crippen molar-refractivity contribution in [3.05, 3.63) is 98.2 Å². The Bertz CT molecular complexity index is 1060. The van der Waals surface area contributed by atoms with Gasteiger partial charge >= 0.3 is 0 Å². The van der Waals surface area contributed by atoms with E-state index in [-0.39, 0.29) is 17.2 Å². The molecule has 2 heterocycles. The fraction of sp³-hybridized carbons (Fsp3) is 0.261. The van der Waals surface area contributed by atoms with E-state index in [0.717, 1.165) is 27.9 Å². The minimum Gasteiger partial charge on any atom is -0.341 e. The van der Waals surface area contributed by atoms with Crippen molar-refractivity contribution < 1.29 is 4.79 Å². The minimum absolute atomic E-state index is 0.123. The normalized spacial score (nSPS) is 11.9. The van der Waals surface area contributed by atoms with Crippen LogP contribution >= 0.6 is 0 Å². The molecule has 0 fully saturated rings. The number of nitrogens with zero attached hydrogens (tertiary/aromatic N) is 1. The average molecular weight is 375 g/mol. The highest BCUT2D eigenvalue weighted by Crippen LogP contribution is 2.24. The zero-order chi connectivity index (χ0) is 20.3. The maximum absolute atomic E-state index is 13.0. The summed E-state index contributed by atoms with van der Waals surface area (Å²) in [4.78, 5) is 32.3. The van der Waals surface area contributed by atoms with E-state index in [1.807, 2.05) is 45.0 Å². The smallest absolute Gasteiger partial charge is 0.261 e. The molecule has 0 aliphatic rings. The second kappa shape index (κ2) is 8.21. The molecule has 2 N–H and O–H groups in total. The van der Waals surface area contributed by atoms with E-state index in [4.69, 9.17) is 0 Å². The number of pyridine rings is 2. The molecule has 0 saturated carbocycles. The number of aryl methyl sites for hydroxylation is 4. The number of carbonyl (C=O) groups excluding carboxylic acids is 1. The third-order valence-electron chi connectivity index (χ3n) is 5.12. The Morgan fingerprint density at radius 1 is 1.00 bits per heavy atom. The fourth-order valence-corrected chi connectivity index (χ4v) is 3.28. The molecule has 0 aliphatic carbocycles. The van der Waals surface area contributed by atoms with Gasteiger partial charge in [0.25, 0.3) is 11.5 Å². The summed E-state index contributed by atoms with van der Waals surface area (Å²) < 4.78 is 0. The Morgan fingerprint density at radius 2 is 1.71 bits per heavy atom. The monoisotopic (exact) mass is 375 g/mol. The number of aromatic amines is 1. The summed E-state index contributed by atoms with van der Waals surface area (Å²) in [6, 6.07) is 11.1. The summed E-state index contributed by atoms with van der Waals surface area (Å²) in [6.07, 6.45) is 4.11. The van der Waals surface area contributed by atoms with Gasteiger partial charge in [-0.2, -0.15) is 0 Å². The van der Waals surface area contributed by atoms with Gasteiger partial charge in [0.2, 0.25) is 0 Å². The summed E-state index contributed by atoms with van der Waals surface area (Å²) in [5.74, 6) is -0.396. The Morgan fingerprint density at radius 3 is 2.36 bits per heavy atom. The predicted octanol–water partition coefficient (Wildman–Crippen LogP) is 3.78. The molecule has 0 unspecified atom stereocenters. The van der Waals surface area contributed by atoms with E-state index in [0.29, 0.717) is 6.42 Å². The maximum Gasteiger partial charge on any atom is 0.261 e. The number of aromatic nitrogens is 2. The lowest BCUT2D eigenvalue weighted by molar-refractivity contribution is 0.0941. The Labute approximate surface area is 164 Å². The summed E-state index contributed by atoms with van der Waals surface area (Å²) in [5, 5.41) is 3.03. The van der Waals surface area contributed by atoms with Crippen molar-refractivity contribution >= 4 is 5.91 Å². The van der Waals surface area contributed by atoms with Crippen LogP contribution in [0.5, 0.6) is 0 Å². The van der Waals surface area contributed by atoms with Gasteiger partial charge < -0.3 is 10.3 Å². The topological polar surface area (TPSA) is 74.8 Å². The molecule has 5 nitrogen and oxygen atoms in total. The molecule has 28 heavy (non-hydrogen) atoms. The first-order chi connectivity index (χ1) is 13.4. The van der Waals surface area contributed by atoms with Gasteiger partial charge in [0.05, 0.1) is 6.04 Å². The molecular formula is C23H25N3O2. The highest BCUT2D eigenvalue weighted by atomic mass is 16.2. The van der Waals surface area contributed by atoms with Crippen molar-refractivity contribution in [2.75, 3.05) is 0 Å². The second-order valence-electron chi connectivity index (χ2n) is 7.06. The lowest BCUT2D eigenvalue weighted by Crippen LogP contribution is -2.34. The number of rotatable bonds is 5. The fourth-order valence-electron chi connectivity index (χ4n) is 3.28. The molecule has 3 aromatic rings. The number of amides is 1. The van der Waals surface area contributed by atoms with Crippen molar-refractivity contribution in [1.82, 2.24) is 15.3 Å². The van der Waals surface area contributed by atoms with Crippen LogP contribution in [0.25, 0.3) is 0 Å². The molecule has 0 aliphatic heterocycles. The van der Waals surface area contributed by atoms with E-state index in [2.05, 4.69) is 28.3 Å². The molecule has 3 rings (SSSR count). The zero-order valence-corrected chi connectivity index (χ0v) is 16.7. The van der Waals surface area contributed by atoms with Gasteiger partial charge in [0, 0.05) is 18.1 Å². The lowest BCUT2D eigenvalue weighted by Gasteiger charge is -2.21. The van der Waals surface area contributed by atoms with E-state index in [1.165, 1.54) is 5.56 Å². The first-order valence-electron chi connectivity index (χ1n) is 9.41. The van der Waals surface area contributed by atoms with E-state index < -0.39 is 5.91 Å². The molecule has 2 aromatic heterocycles. The van der Waals surface area contributed by atoms with Crippen molar-refractivity contribution in [3.8, 4) is 0 Å². The summed E-state index contributed by atoms with van der Waals surface area (Å²) >= 11 is 0. The SMILES string of the molecule is CCc1[nH]c(=O)c(C(=O)N[C@H](c2ccncc2)c2ccc(C)c(C)c2)cc1C. The Hall–Kier alpha value is -3.21. The van der Waals surface area contributed by atoms with Crippen LogP contribution in [0.4, 0.5) is 0 Å². The highest BCUT2D eigenvalue weighted by molar-refractivity contribution is 5.94. The maximum atomic E-state index is 13.0. The van der Waals surface area contributed by atoms with Gasteiger partial charge in [-0.05, 0) is 73.2 Å². The molecule has 0 spiro atoms. The number of carbonyl (C=O) groups is 1. The van der Waals surface area contributed by atoms with Crippen LogP contribution in [0.1, 0.15) is 56.8 Å². The van der Waals surface area contributed by atoms with E-state index in [9.17, 15) is 9.59 Å². The zero-order valence-electron chi connectivity index (χ0n) is 16.7. The standard InChI is InChI=1S/C23H25N3O2/c1-5-20-16(4)13-19(22(27)25-20)23(28)26-21(17-8-10-24-11-9-17)18-7-6-14(2)15(3)12-18/h6-13,21H,5H2,1-4H3,(H,25,27)(H,26,28)/t21-/m1/s1. The number of benzene rings is 1. The lowest BCUT2D eigenvalue weighted by atomic mass is 9.96. The summed E-state index contributed by atoms with van der Waals surface area (Å²) in [7, 11) is 0. The van der Waals surface area contributed by atoms with Gasteiger partial charge in [0.1, 0.15) is 5.56 Å². The third kappa shape index (κ3) is 4.03. The van der Waals surface area contributed by atoms with Crippen LogP contribution in [0, 0.1) is 20.8 Å². The van der Waals surface area contributed by atoms with E-state index in [1.54, 1.807) is 18.5 Å². The molecule has 0 bridgehead atoms. The first-order valence-corrected chi connectivity index (χ1v) is 9.41.